The Morgan fingerprint density at radius 3 is 2.56 bits per heavy atom. The molecular formula is C25H22Br2N2O4S. The normalized spacial score (nSPS) is 15.7. The topological polar surface area (TPSA) is 69.9 Å². The van der Waals surface area contributed by atoms with Gasteiger partial charge in [-0.15, -0.1) is 0 Å². The van der Waals surface area contributed by atoms with Gasteiger partial charge in [-0.1, -0.05) is 57.1 Å². The zero-order valence-corrected chi connectivity index (χ0v) is 23.0. The summed E-state index contributed by atoms with van der Waals surface area (Å²) in [7, 11) is 1.58. The van der Waals surface area contributed by atoms with Gasteiger partial charge in [0.05, 0.1) is 40.0 Å². The Labute approximate surface area is 217 Å². The minimum atomic E-state index is -0.630. The number of benzene rings is 2. The summed E-state index contributed by atoms with van der Waals surface area (Å²) in [5.74, 6) is 0.147. The Kier molecular flexibility index (Phi) is 7.25. The monoisotopic (exact) mass is 604 g/mol. The number of esters is 1. The van der Waals surface area contributed by atoms with Crippen molar-refractivity contribution >= 4 is 55.2 Å². The maximum absolute atomic E-state index is 13.7. The maximum atomic E-state index is 13.7. The lowest BCUT2D eigenvalue weighted by Gasteiger charge is -2.24. The highest BCUT2D eigenvalue weighted by molar-refractivity contribution is 9.11. The second-order valence-corrected chi connectivity index (χ2v) is 10.5. The summed E-state index contributed by atoms with van der Waals surface area (Å²) in [5, 5.41) is 0. The van der Waals surface area contributed by atoms with Crippen molar-refractivity contribution in [1.29, 1.82) is 0 Å². The first-order valence-electron chi connectivity index (χ1n) is 10.5. The fourth-order valence-electron chi connectivity index (χ4n) is 3.90. The molecule has 6 nitrogen and oxygen atoms in total. The summed E-state index contributed by atoms with van der Waals surface area (Å²) in [6.45, 7) is 5.76. The third-order valence-electron chi connectivity index (χ3n) is 5.44. The number of thiazole rings is 1. The Bertz CT molecular complexity index is 1490. The molecule has 0 amide bonds. The highest BCUT2D eigenvalue weighted by atomic mass is 79.9. The molecule has 0 saturated carbocycles. The summed E-state index contributed by atoms with van der Waals surface area (Å²) in [6, 6.07) is 10.9. The minimum Gasteiger partial charge on any atom is -0.495 e. The van der Waals surface area contributed by atoms with E-state index in [1.54, 1.807) is 31.6 Å². The molecule has 0 fully saturated rings. The number of carbonyl (C=O) groups is 1. The predicted molar refractivity (Wildman–Crippen MR) is 140 cm³/mol. The smallest absolute Gasteiger partial charge is 0.338 e. The second-order valence-electron chi connectivity index (χ2n) is 7.72. The quantitative estimate of drug-likeness (QED) is 0.397. The van der Waals surface area contributed by atoms with Gasteiger partial charge in [0.25, 0.3) is 5.56 Å². The molecular weight excluding hydrogens is 584 g/mol. The molecule has 0 spiro atoms. The Morgan fingerprint density at radius 2 is 1.91 bits per heavy atom. The van der Waals surface area contributed by atoms with Crippen LogP contribution in [0, 0.1) is 6.92 Å². The number of fused-ring (bicyclic) bond motifs is 1. The molecule has 9 heteroatoms. The number of aryl methyl sites for hydroxylation is 1. The van der Waals surface area contributed by atoms with Crippen molar-refractivity contribution in [3.8, 4) is 5.75 Å². The minimum absolute atomic E-state index is 0.234. The first kappa shape index (κ1) is 24.6. The zero-order chi connectivity index (χ0) is 24.6. The molecule has 4 rings (SSSR count). The third-order valence-corrected chi connectivity index (χ3v) is 7.47. The van der Waals surface area contributed by atoms with E-state index in [0.29, 0.717) is 26.4 Å². The van der Waals surface area contributed by atoms with Crippen LogP contribution in [0.15, 0.2) is 66.4 Å². The van der Waals surface area contributed by atoms with Crippen LogP contribution in [0.25, 0.3) is 6.08 Å². The average molecular weight is 606 g/mol. The Balaban J connectivity index is 1.99. The summed E-state index contributed by atoms with van der Waals surface area (Å²) < 4.78 is 14.6. The molecule has 0 saturated heterocycles. The van der Waals surface area contributed by atoms with E-state index in [2.05, 4.69) is 36.9 Å². The van der Waals surface area contributed by atoms with Gasteiger partial charge in [0, 0.05) is 10.0 Å². The lowest BCUT2D eigenvalue weighted by molar-refractivity contribution is -0.139. The van der Waals surface area contributed by atoms with E-state index in [1.165, 1.54) is 11.3 Å². The van der Waals surface area contributed by atoms with E-state index in [1.807, 2.05) is 43.3 Å². The molecule has 0 N–H and O–H groups in total. The van der Waals surface area contributed by atoms with Crippen molar-refractivity contribution in [2.45, 2.75) is 26.8 Å². The number of ether oxygens (including phenoxy) is 2. The summed E-state index contributed by atoms with van der Waals surface area (Å²) >= 11 is 8.28. The van der Waals surface area contributed by atoms with Crippen molar-refractivity contribution < 1.29 is 14.3 Å². The number of methoxy groups -OCH3 is 1. The largest absolute Gasteiger partial charge is 0.495 e. The van der Waals surface area contributed by atoms with Gasteiger partial charge in [-0.25, -0.2) is 9.79 Å². The van der Waals surface area contributed by atoms with Crippen LogP contribution in [-0.4, -0.2) is 24.3 Å². The van der Waals surface area contributed by atoms with Gasteiger partial charge < -0.3 is 9.47 Å². The van der Waals surface area contributed by atoms with Crippen LogP contribution in [0.5, 0.6) is 5.75 Å². The lowest BCUT2D eigenvalue weighted by atomic mass is 9.95. The van der Waals surface area contributed by atoms with Gasteiger partial charge in [0.1, 0.15) is 5.75 Å². The van der Waals surface area contributed by atoms with Gasteiger partial charge in [0.2, 0.25) is 0 Å². The molecule has 2 aromatic carbocycles. The van der Waals surface area contributed by atoms with Crippen molar-refractivity contribution in [3.05, 3.63) is 93.0 Å². The predicted octanol–water partition coefficient (Wildman–Crippen LogP) is 4.64. The molecule has 1 atom stereocenters. The Morgan fingerprint density at radius 1 is 1.21 bits per heavy atom. The molecule has 0 bridgehead atoms. The van der Waals surface area contributed by atoms with Gasteiger partial charge in [-0.05, 0) is 60.5 Å². The first-order chi connectivity index (χ1) is 16.2. The van der Waals surface area contributed by atoms with Gasteiger partial charge in [-0.2, -0.15) is 0 Å². The van der Waals surface area contributed by atoms with E-state index in [0.717, 1.165) is 25.6 Å². The molecule has 0 aliphatic carbocycles. The average Bonchev–Trinajstić information content (AvgIpc) is 3.08. The molecule has 1 aliphatic rings. The van der Waals surface area contributed by atoms with Crippen molar-refractivity contribution in [1.82, 2.24) is 4.57 Å². The molecule has 0 unspecified atom stereocenters. The fourth-order valence-corrected chi connectivity index (χ4v) is 6.36. The van der Waals surface area contributed by atoms with E-state index >= 15 is 0 Å². The molecule has 3 aromatic rings. The number of hydrogen-bond donors (Lipinski definition) is 0. The van der Waals surface area contributed by atoms with Gasteiger partial charge >= 0.3 is 5.97 Å². The van der Waals surface area contributed by atoms with E-state index in [-0.39, 0.29) is 12.2 Å². The lowest BCUT2D eigenvalue weighted by Crippen LogP contribution is -2.39. The SMILES string of the molecule is CCOC(=O)C1=C(C)N=c2s/c(=C\c3cc(Br)cc(Br)c3OC)c(=O)n2[C@@H]1c1ccc(C)cc1. The molecule has 2 heterocycles. The van der Waals surface area contributed by atoms with Crippen molar-refractivity contribution in [2.75, 3.05) is 13.7 Å². The van der Waals surface area contributed by atoms with Crippen LogP contribution < -0.4 is 19.6 Å². The van der Waals surface area contributed by atoms with Crippen LogP contribution >= 0.6 is 43.2 Å². The number of nitrogens with zero attached hydrogens (tertiary/aromatic N) is 2. The maximum Gasteiger partial charge on any atom is 0.338 e. The highest BCUT2D eigenvalue weighted by Gasteiger charge is 2.33. The van der Waals surface area contributed by atoms with Gasteiger partial charge in [0.15, 0.2) is 4.80 Å². The summed E-state index contributed by atoms with van der Waals surface area (Å²) in [6.07, 6.45) is 1.79. The standard InChI is InChI=1S/C25H22Br2N2O4S/c1-5-33-24(31)20-14(3)28-25-29(21(20)15-8-6-13(2)7-9-15)23(30)19(34-25)11-16-10-17(26)12-18(27)22(16)32-4/h6-12,21H,5H2,1-4H3/b19-11-/t21-/m1/s1. The van der Waals surface area contributed by atoms with E-state index < -0.39 is 12.0 Å². The number of rotatable bonds is 5. The molecule has 1 aliphatic heterocycles. The zero-order valence-electron chi connectivity index (χ0n) is 19.0. The van der Waals surface area contributed by atoms with Crippen LogP contribution in [-0.2, 0) is 9.53 Å². The number of hydrogen-bond acceptors (Lipinski definition) is 6. The van der Waals surface area contributed by atoms with E-state index in [9.17, 15) is 9.59 Å². The molecule has 1 aromatic heterocycles. The fraction of sp³-hybridized carbons (Fsp3) is 0.240. The molecule has 0 radical (unpaired) electrons. The van der Waals surface area contributed by atoms with Crippen LogP contribution in [0.4, 0.5) is 0 Å². The van der Waals surface area contributed by atoms with Crippen molar-refractivity contribution in [2.24, 2.45) is 4.99 Å². The Hall–Kier alpha value is -2.49. The highest BCUT2D eigenvalue weighted by Crippen LogP contribution is 2.33. The number of aromatic nitrogens is 1. The third kappa shape index (κ3) is 4.56. The number of halogens is 2. The summed E-state index contributed by atoms with van der Waals surface area (Å²) in [4.78, 5) is 31.8. The first-order valence-corrected chi connectivity index (χ1v) is 12.9. The van der Waals surface area contributed by atoms with Gasteiger partial charge in [-0.3, -0.25) is 9.36 Å². The van der Waals surface area contributed by atoms with Crippen LogP contribution in [0.3, 0.4) is 0 Å². The molecule has 176 valence electrons. The second kappa shape index (κ2) is 10.0. The molecule has 34 heavy (non-hydrogen) atoms. The van der Waals surface area contributed by atoms with Crippen LogP contribution in [0.2, 0.25) is 0 Å². The number of allylic oxidation sites excluding steroid dienone is 1. The van der Waals surface area contributed by atoms with E-state index in [4.69, 9.17) is 9.47 Å². The van der Waals surface area contributed by atoms with Crippen molar-refractivity contribution in [3.63, 3.8) is 0 Å². The summed E-state index contributed by atoms with van der Waals surface area (Å²) in [5.41, 5.74) is 3.32. The van der Waals surface area contributed by atoms with Crippen LogP contribution in [0.1, 0.15) is 36.6 Å². The number of carbonyl (C=O) groups excluding carboxylic acids is 1.